The molecule has 0 aliphatic heterocycles. The van der Waals surface area contributed by atoms with Crippen molar-refractivity contribution in [3.63, 3.8) is 0 Å². The fourth-order valence-electron chi connectivity index (χ4n) is 1.64. The van der Waals surface area contributed by atoms with Crippen LogP contribution in [0.25, 0.3) is 0 Å². The first kappa shape index (κ1) is 13.2. The molecule has 4 N–H and O–H groups in total. The largest absolute Gasteiger partial charge is 0.368 e. The highest BCUT2D eigenvalue weighted by Gasteiger charge is 2.21. The number of benzene rings is 1. The lowest BCUT2D eigenvalue weighted by molar-refractivity contribution is -0.136. The molecule has 1 aromatic rings. The third kappa shape index (κ3) is 3.57. The molecule has 1 rings (SSSR count). The van der Waals surface area contributed by atoms with Crippen LogP contribution in [0.1, 0.15) is 18.5 Å². The van der Waals surface area contributed by atoms with Gasteiger partial charge in [-0.25, -0.2) is 0 Å². The average Bonchev–Trinajstić information content (AvgIpc) is 2.35. The Morgan fingerprint density at radius 3 is 2.35 bits per heavy atom. The van der Waals surface area contributed by atoms with Crippen LogP contribution >= 0.6 is 0 Å². The van der Waals surface area contributed by atoms with Gasteiger partial charge >= 0.3 is 0 Å². The molecule has 0 bridgehead atoms. The molecule has 0 aliphatic carbocycles. The zero-order valence-electron chi connectivity index (χ0n) is 9.80. The molecule has 1 aromatic carbocycles. The second-order valence-corrected chi connectivity index (χ2v) is 3.78. The van der Waals surface area contributed by atoms with Gasteiger partial charge in [0.25, 0.3) is 0 Å². The van der Waals surface area contributed by atoms with Gasteiger partial charge in [-0.3, -0.25) is 9.59 Å². The number of carbonyl (C=O) groups is 2. The first-order valence-electron chi connectivity index (χ1n) is 5.39. The first-order valence-corrected chi connectivity index (χ1v) is 5.39. The normalized spacial score (nSPS) is 11.9. The molecule has 2 amide bonds. The van der Waals surface area contributed by atoms with Crippen LogP contribution in [-0.2, 0) is 9.59 Å². The van der Waals surface area contributed by atoms with Crippen molar-refractivity contribution in [2.45, 2.75) is 13.0 Å². The van der Waals surface area contributed by atoms with Crippen LogP contribution in [0.5, 0.6) is 0 Å². The molecule has 0 unspecified atom stereocenters. The molecule has 5 heteroatoms. The van der Waals surface area contributed by atoms with Crippen molar-refractivity contribution >= 4 is 11.8 Å². The van der Waals surface area contributed by atoms with Gasteiger partial charge in [-0.05, 0) is 12.5 Å². The Kier molecular flexibility index (Phi) is 4.66. The van der Waals surface area contributed by atoms with Gasteiger partial charge in [0.2, 0.25) is 11.8 Å². The van der Waals surface area contributed by atoms with E-state index in [0.29, 0.717) is 0 Å². The maximum absolute atomic E-state index is 11.7. The SMILES string of the molecule is C[C@H](c1ccccc1)N(CC(N)=O)C(=O)CN. The highest BCUT2D eigenvalue weighted by Crippen LogP contribution is 2.19. The van der Waals surface area contributed by atoms with Crippen LogP contribution in [0, 0.1) is 0 Å². The van der Waals surface area contributed by atoms with Crippen molar-refractivity contribution in [1.29, 1.82) is 0 Å². The Hall–Kier alpha value is -1.88. The van der Waals surface area contributed by atoms with Crippen molar-refractivity contribution in [3.8, 4) is 0 Å². The Balaban J connectivity index is 2.90. The van der Waals surface area contributed by atoms with Crippen LogP contribution in [-0.4, -0.2) is 29.8 Å². The van der Waals surface area contributed by atoms with Crippen molar-refractivity contribution in [3.05, 3.63) is 35.9 Å². The summed E-state index contributed by atoms with van der Waals surface area (Å²) in [5, 5.41) is 0. The Labute approximate surface area is 100 Å². The lowest BCUT2D eigenvalue weighted by Gasteiger charge is -2.28. The molecule has 0 aliphatic rings. The van der Waals surface area contributed by atoms with E-state index < -0.39 is 5.91 Å². The Bertz CT molecular complexity index is 392. The van der Waals surface area contributed by atoms with Gasteiger partial charge in [0, 0.05) is 0 Å². The van der Waals surface area contributed by atoms with Crippen LogP contribution in [0.15, 0.2) is 30.3 Å². The summed E-state index contributed by atoms with van der Waals surface area (Å²) in [4.78, 5) is 24.0. The first-order chi connectivity index (χ1) is 8.06. The summed E-state index contributed by atoms with van der Waals surface area (Å²) in [5.74, 6) is -0.838. The van der Waals surface area contributed by atoms with E-state index in [-0.39, 0.29) is 25.0 Å². The van der Waals surface area contributed by atoms with Crippen LogP contribution in [0.4, 0.5) is 0 Å². The molecule has 0 spiro atoms. The average molecular weight is 235 g/mol. The monoisotopic (exact) mass is 235 g/mol. The van der Waals surface area contributed by atoms with Gasteiger partial charge in [0.05, 0.1) is 19.1 Å². The number of amides is 2. The summed E-state index contributed by atoms with van der Waals surface area (Å²) in [6.45, 7) is 1.59. The highest BCUT2D eigenvalue weighted by atomic mass is 16.2. The number of rotatable bonds is 5. The molecule has 0 saturated heterocycles. The summed E-state index contributed by atoms with van der Waals surface area (Å²) in [6.07, 6.45) is 0. The number of hydrogen-bond acceptors (Lipinski definition) is 3. The molecule has 17 heavy (non-hydrogen) atoms. The maximum atomic E-state index is 11.7. The van der Waals surface area contributed by atoms with Crippen molar-refractivity contribution < 1.29 is 9.59 Å². The molecule has 5 nitrogen and oxygen atoms in total. The minimum absolute atomic E-state index is 0.119. The van der Waals surface area contributed by atoms with Crippen LogP contribution in [0.2, 0.25) is 0 Å². The fourth-order valence-corrected chi connectivity index (χ4v) is 1.64. The smallest absolute Gasteiger partial charge is 0.237 e. The third-order valence-corrected chi connectivity index (χ3v) is 2.57. The van der Waals surface area contributed by atoms with E-state index in [1.54, 1.807) is 0 Å². The van der Waals surface area contributed by atoms with E-state index >= 15 is 0 Å². The third-order valence-electron chi connectivity index (χ3n) is 2.57. The topological polar surface area (TPSA) is 89.4 Å². The molecule has 0 saturated carbocycles. The second-order valence-electron chi connectivity index (χ2n) is 3.78. The zero-order valence-corrected chi connectivity index (χ0v) is 9.80. The van der Waals surface area contributed by atoms with E-state index in [4.69, 9.17) is 11.5 Å². The summed E-state index contributed by atoms with van der Waals surface area (Å²) in [6, 6.07) is 9.20. The number of nitrogens with zero attached hydrogens (tertiary/aromatic N) is 1. The van der Waals surface area contributed by atoms with E-state index in [2.05, 4.69) is 0 Å². The van der Waals surface area contributed by atoms with E-state index in [1.807, 2.05) is 37.3 Å². The summed E-state index contributed by atoms with van der Waals surface area (Å²) < 4.78 is 0. The molecule has 0 fully saturated rings. The van der Waals surface area contributed by atoms with Crippen molar-refractivity contribution in [2.24, 2.45) is 11.5 Å². The number of carbonyl (C=O) groups excluding carboxylic acids is 2. The van der Waals surface area contributed by atoms with E-state index in [0.717, 1.165) is 5.56 Å². The maximum Gasteiger partial charge on any atom is 0.237 e. The lowest BCUT2D eigenvalue weighted by Crippen LogP contribution is -2.43. The van der Waals surface area contributed by atoms with Gasteiger partial charge in [-0.2, -0.15) is 0 Å². The standard InChI is InChI=1S/C12H17N3O2/c1-9(10-5-3-2-4-6-10)15(8-11(14)16)12(17)7-13/h2-6,9H,7-8,13H2,1H3,(H2,14,16)/t9-/m1/s1. The van der Waals surface area contributed by atoms with E-state index in [9.17, 15) is 9.59 Å². The predicted octanol–water partition coefficient (Wildman–Crippen LogP) is 0.0202. The molecule has 0 radical (unpaired) electrons. The summed E-state index contributed by atoms with van der Waals surface area (Å²) in [7, 11) is 0. The number of primary amides is 1. The second kappa shape index (κ2) is 6.00. The molecular formula is C12H17N3O2. The number of hydrogen-bond donors (Lipinski definition) is 2. The van der Waals surface area contributed by atoms with Gasteiger partial charge in [-0.15, -0.1) is 0 Å². The van der Waals surface area contributed by atoms with Gasteiger partial charge in [0.15, 0.2) is 0 Å². The minimum atomic E-state index is -0.547. The predicted molar refractivity (Wildman–Crippen MR) is 64.8 cm³/mol. The summed E-state index contributed by atoms with van der Waals surface area (Å²) >= 11 is 0. The van der Waals surface area contributed by atoms with Crippen molar-refractivity contribution in [2.75, 3.05) is 13.1 Å². The summed E-state index contributed by atoms with van der Waals surface area (Å²) in [5.41, 5.74) is 11.4. The molecular weight excluding hydrogens is 218 g/mol. The highest BCUT2D eigenvalue weighted by molar-refractivity contribution is 5.85. The van der Waals surface area contributed by atoms with Gasteiger partial charge in [-0.1, -0.05) is 30.3 Å². The molecule has 1 atom stereocenters. The molecule has 0 aromatic heterocycles. The lowest BCUT2D eigenvalue weighted by atomic mass is 10.1. The van der Waals surface area contributed by atoms with Gasteiger partial charge < -0.3 is 16.4 Å². The van der Waals surface area contributed by atoms with Crippen LogP contribution < -0.4 is 11.5 Å². The van der Waals surface area contributed by atoms with Gasteiger partial charge in [0.1, 0.15) is 0 Å². The Morgan fingerprint density at radius 2 is 1.88 bits per heavy atom. The Morgan fingerprint density at radius 1 is 1.29 bits per heavy atom. The van der Waals surface area contributed by atoms with E-state index in [1.165, 1.54) is 4.90 Å². The van der Waals surface area contributed by atoms with Crippen LogP contribution in [0.3, 0.4) is 0 Å². The zero-order chi connectivity index (χ0) is 12.8. The minimum Gasteiger partial charge on any atom is -0.368 e. The number of nitrogens with two attached hydrogens (primary N) is 2. The quantitative estimate of drug-likeness (QED) is 0.754. The molecule has 0 heterocycles. The fraction of sp³-hybridized carbons (Fsp3) is 0.333. The molecule has 92 valence electrons. The van der Waals surface area contributed by atoms with Crippen molar-refractivity contribution in [1.82, 2.24) is 4.90 Å².